The van der Waals surface area contributed by atoms with E-state index in [-0.39, 0.29) is 12.3 Å². The smallest absolute Gasteiger partial charge is 0.271 e. The van der Waals surface area contributed by atoms with Crippen molar-refractivity contribution >= 4 is 11.4 Å². The fourth-order valence-corrected chi connectivity index (χ4v) is 3.68. The van der Waals surface area contributed by atoms with Gasteiger partial charge in [-0.15, -0.1) is 0 Å². The molecular formula is C26H24N2O3. The summed E-state index contributed by atoms with van der Waals surface area (Å²) in [6.07, 6.45) is 6.99. The van der Waals surface area contributed by atoms with Gasteiger partial charge in [0.25, 0.3) is 5.69 Å². The Morgan fingerprint density at radius 2 is 1.71 bits per heavy atom. The summed E-state index contributed by atoms with van der Waals surface area (Å²) in [5, 5.41) is 11.0. The minimum Gasteiger partial charge on any atom is -0.489 e. The SMILES string of the molecule is Cc1ccc(-c2ccc(C3C=CC(OCc4cc(N)cc([N+](=O)[O-])c4)=CC3)cc2)cc1. The van der Waals surface area contributed by atoms with Gasteiger partial charge in [0.15, 0.2) is 0 Å². The number of nitrogens with zero attached hydrogens (tertiary/aromatic N) is 1. The second-order valence-corrected chi connectivity index (χ2v) is 7.77. The molecule has 0 aromatic heterocycles. The third-order valence-electron chi connectivity index (χ3n) is 5.41. The van der Waals surface area contributed by atoms with Crippen LogP contribution in [0.3, 0.4) is 0 Å². The zero-order valence-electron chi connectivity index (χ0n) is 17.3. The first-order valence-electron chi connectivity index (χ1n) is 10.2. The Kier molecular flexibility index (Phi) is 5.85. The molecule has 1 aliphatic carbocycles. The van der Waals surface area contributed by atoms with E-state index in [2.05, 4.69) is 67.6 Å². The van der Waals surface area contributed by atoms with E-state index < -0.39 is 4.92 Å². The molecule has 2 N–H and O–H groups in total. The number of allylic oxidation sites excluding steroid dienone is 3. The van der Waals surface area contributed by atoms with E-state index in [1.807, 2.05) is 6.08 Å². The Morgan fingerprint density at radius 1 is 1.03 bits per heavy atom. The minimum absolute atomic E-state index is 0.0269. The van der Waals surface area contributed by atoms with Crippen LogP contribution >= 0.6 is 0 Å². The van der Waals surface area contributed by atoms with Gasteiger partial charge in [-0.25, -0.2) is 0 Å². The predicted molar refractivity (Wildman–Crippen MR) is 123 cm³/mol. The topological polar surface area (TPSA) is 78.4 Å². The lowest BCUT2D eigenvalue weighted by Crippen LogP contribution is -2.02. The van der Waals surface area contributed by atoms with Crippen LogP contribution in [0.5, 0.6) is 0 Å². The molecule has 0 fully saturated rings. The maximum absolute atomic E-state index is 11.0. The van der Waals surface area contributed by atoms with E-state index in [1.165, 1.54) is 34.4 Å². The molecule has 1 unspecified atom stereocenters. The number of non-ortho nitro benzene ring substituents is 1. The van der Waals surface area contributed by atoms with Gasteiger partial charge < -0.3 is 10.5 Å². The molecule has 0 saturated heterocycles. The van der Waals surface area contributed by atoms with Crippen molar-refractivity contribution in [3.63, 3.8) is 0 Å². The van der Waals surface area contributed by atoms with E-state index in [4.69, 9.17) is 10.5 Å². The molecule has 3 aromatic carbocycles. The first-order valence-corrected chi connectivity index (χ1v) is 10.2. The molecule has 0 saturated carbocycles. The molecule has 1 aliphatic rings. The number of hydrogen-bond acceptors (Lipinski definition) is 4. The molecule has 156 valence electrons. The van der Waals surface area contributed by atoms with Gasteiger partial charge in [0.1, 0.15) is 12.4 Å². The fourth-order valence-electron chi connectivity index (χ4n) is 3.68. The van der Waals surface area contributed by atoms with Crippen LogP contribution in [0, 0.1) is 17.0 Å². The second kappa shape index (κ2) is 8.88. The average Bonchev–Trinajstić information content (AvgIpc) is 2.78. The molecule has 0 bridgehead atoms. The van der Waals surface area contributed by atoms with E-state index in [0.717, 1.165) is 12.2 Å². The molecule has 0 radical (unpaired) electrons. The second-order valence-electron chi connectivity index (χ2n) is 7.77. The summed E-state index contributed by atoms with van der Waals surface area (Å²) in [7, 11) is 0. The Balaban J connectivity index is 1.37. The largest absolute Gasteiger partial charge is 0.489 e. The molecule has 4 rings (SSSR count). The monoisotopic (exact) mass is 412 g/mol. The third-order valence-corrected chi connectivity index (χ3v) is 5.41. The number of nitrogen functional groups attached to an aromatic ring is 1. The van der Waals surface area contributed by atoms with Gasteiger partial charge in [-0.05, 0) is 53.8 Å². The zero-order chi connectivity index (χ0) is 21.8. The minimum atomic E-state index is -0.450. The van der Waals surface area contributed by atoms with Crippen LogP contribution < -0.4 is 5.73 Å². The summed E-state index contributed by atoms with van der Waals surface area (Å²) in [6.45, 7) is 2.32. The number of hydrogen-bond donors (Lipinski definition) is 1. The van der Waals surface area contributed by atoms with Crippen LogP contribution in [0.1, 0.15) is 29.0 Å². The normalized spacial score (nSPS) is 15.4. The summed E-state index contributed by atoms with van der Waals surface area (Å²) in [5.74, 6) is 1.06. The number of nitrogens with two attached hydrogens (primary N) is 1. The van der Waals surface area contributed by atoms with E-state index >= 15 is 0 Å². The summed E-state index contributed by atoms with van der Waals surface area (Å²) in [4.78, 5) is 10.5. The van der Waals surface area contributed by atoms with Crippen LogP contribution in [0.2, 0.25) is 0 Å². The lowest BCUT2D eigenvalue weighted by Gasteiger charge is -2.18. The predicted octanol–water partition coefficient (Wildman–Crippen LogP) is 6.30. The molecule has 0 spiro atoms. The summed E-state index contributed by atoms with van der Waals surface area (Å²) in [5.41, 5.74) is 11.7. The highest BCUT2D eigenvalue weighted by atomic mass is 16.6. The number of ether oxygens (including phenoxy) is 1. The average molecular weight is 412 g/mol. The quantitative estimate of drug-likeness (QED) is 0.293. The van der Waals surface area contributed by atoms with Crippen molar-refractivity contribution < 1.29 is 9.66 Å². The van der Waals surface area contributed by atoms with Crippen molar-refractivity contribution in [1.29, 1.82) is 0 Å². The molecule has 3 aromatic rings. The van der Waals surface area contributed by atoms with Crippen LogP contribution in [0.4, 0.5) is 11.4 Å². The van der Waals surface area contributed by atoms with Crippen LogP contribution in [-0.4, -0.2) is 4.92 Å². The Morgan fingerprint density at radius 3 is 2.32 bits per heavy atom. The Labute approximate surface area is 181 Å². The van der Waals surface area contributed by atoms with Gasteiger partial charge in [-0.1, -0.05) is 60.2 Å². The number of rotatable bonds is 6. The highest BCUT2D eigenvalue weighted by molar-refractivity contribution is 5.64. The van der Waals surface area contributed by atoms with E-state index in [1.54, 1.807) is 6.07 Å². The van der Waals surface area contributed by atoms with Gasteiger partial charge >= 0.3 is 0 Å². The van der Waals surface area contributed by atoms with Crippen molar-refractivity contribution in [2.24, 2.45) is 0 Å². The van der Waals surface area contributed by atoms with Crippen molar-refractivity contribution in [1.82, 2.24) is 0 Å². The van der Waals surface area contributed by atoms with Gasteiger partial charge in [0.05, 0.1) is 4.92 Å². The molecule has 0 aliphatic heterocycles. The molecule has 31 heavy (non-hydrogen) atoms. The van der Waals surface area contributed by atoms with Gasteiger partial charge in [-0.3, -0.25) is 10.1 Å². The third kappa shape index (κ3) is 5.01. The molecule has 5 heteroatoms. The summed E-state index contributed by atoms with van der Waals surface area (Å²) >= 11 is 0. The maximum Gasteiger partial charge on any atom is 0.271 e. The standard InChI is InChI=1S/C26H24N2O3/c1-18-2-4-20(5-3-18)21-6-8-22(9-7-21)23-10-12-26(13-11-23)31-17-19-14-24(27)16-25(15-19)28(29)30/h2-10,12-16,23H,11,17,27H2,1H3. The summed E-state index contributed by atoms with van der Waals surface area (Å²) < 4.78 is 5.83. The molecule has 0 amide bonds. The molecule has 0 heterocycles. The first kappa shape index (κ1) is 20.4. The van der Waals surface area contributed by atoms with Crippen molar-refractivity contribution in [3.05, 3.63) is 118 Å². The number of benzene rings is 3. The van der Waals surface area contributed by atoms with Crippen LogP contribution in [0.15, 0.2) is 90.7 Å². The van der Waals surface area contributed by atoms with Gasteiger partial charge in [-0.2, -0.15) is 0 Å². The van der Waals surface area contributed by atoms with Crippen LogP contribution in [-0.2, 0) is 11.3 Å². The zero-order valence-corrected chi connectivity index (χ0v) is 17.3. The Bertz CT molecular complexity index is 1150. The van der Waals surface area contributed by atoms with E-state index in [9.17, 15) is 10.1 Å². The highest BCUT2D eigenvalue weighted by Crippen LogP contribution is 2.30. The van der Waals surface area contributed by atoms with E-state index in [0.29, 0.717) is 17.2 Å². The van der Waals surface area contributed by atoms with Gasteiger partial charge in [0.2, 0.25) is 0 Å². The highest BCUT2D eigenvalue weighted by Gasteiger charge is 2.13. The maximum atomic E-state index is 11.0. The van der Waals surface area contributed by atoms with Crippen molar-refractivity contribution in [2.75, 3.05) is 5.73 Å². The fraction of sp³-hybridized carbons (Fsp3) is 0.154. The molecule has 5 nitrogen and oxygen atoms in total. The molecular weight excluding hydrogens is 388 g/mol. The Hall–Kier alpha value is -3.86. The summed E-state index contributed by atoms with van der Waals surface area (Å²) in [6, 6.07) is 21.7. The lowest BCUT2D eigenvalue weighted by molar-refractivity contribution is -0.384. The van der Waals surface area contributed by atoms with Crippen LogP contribution in [0.25, 0.3) is 11.1 Å². The number of nitro benzene ring substituents is 1. The first-order chi connectivity index (χ1) is 15.0. The lowest BCUT2D eigenvalue weighted by atomic mass is 9.91. The number of nitro groups is 1. The van der Waals surface area contributed by atoms with Crippen molar-refractivity contribution in [2.45, 2.75) is 25.9 Å². The van der Waals surface area contributed by atoms with Crippen molar-refractivity contribution in [3.8, 4) is 11.1 Å². The number of aryl methyl sites for hydroxylation is 1. The van der Waals surface area contributed by atoms with Gasteiger partial charge in [0, 0.05) is 23.7 Å². The number of anilines is 1. The molecule has 1 atom stereocenters.